The maximum atomic E-state index is 11.0. The van der Waals surface area contributed by atoms with Crippen LogP contribution in [0.15, 0.2) is 24.3 Å². The molecule has 0 aliphatic heterocycles. The van der Waals surface area contributed by atoms with Crippen molar-refractivity contribution in [1.82, 2.24) is 5.43 Å². The van der Waals surface area contributed by atoms with Crippen molar-refractivity contribution in [2.75, 3.05) is 0 Å². The number of rotatable bonds is 1. The number of nitrogen functional groups attached to an aromatic ring is 1. The van der Waals surface area contributed by atoms with Gasteiger partial charge in [0.15, 0.2) is 0 Å². The highest BCUT2D eigenvalue weighted by Crippen LogP contribution is 2.10. The van der Waals surface area contributed by atoms with E-state index in [4.69, 9.17) is 5.84 Å². The van der Waals surface area contributed by atoms with E-state index in [1.165, 1.54) is 0 Å². The second-order valence-electron chi connectivity index (χ2n) is 1.95. The molecule has 0 spiro atoms. The van der Waals surface area contributed by atoms with Gasteiger partial charge >= 0.3 is 0 Å². The minimum atomic E-state index is -0.255. The molecule has 0 fully saturated rings. The van der Waals surface area contributed by atoms with Crippen LogP contribution in [0.3, 0.4) is 0 Å². The molecular weight excluding hydrogens is 255 g/mol. The highest BCUT2D eigenvalue weighted by Gasteiger charge is 2.05. The van der Waals surface area contributed by atoms with Gasteiger partial charge in [0.2, 0.25) is 0 Å². The molecule has 1 amide bonds. The van der Waals surface area contributed by atoms with Crippen molar-refractivity contribution in [3.63, 3.8) is 0 Å². The van der Waals surface area contributed by atoms with Crippen molar-refractivity contribution in [3.05, 3.63) is 33.4 Å². The minimum Gasteiger partial charge on any atom is -0.290 e. The number of amides is 1. The van der Waals surface area contributed by atoms with Gasteiger partial charge in [0.25, 0.3) is 5.91 Å². The predicted octanol–water partition coefficient (Wildman–Crippen LogP) is 0.895. The predicted molar refractivity (Wildman–Crippen MR) is 50.8 cm³/mol. The maximum Gasteiger partial charge on any atom is 0.266 e. The van der Waals surface area contributed by atoms with E-state index in [-0.39, 0.29) is 5.91 Å². The molecule has 1 rings (SSSR count). The number of benzene rings is 1. The molecule has 11 heavy (non-hydrogen) atoms. The van der Waals surface area contributed by atoms with Crippen molar-refractivity contribution in [3.8, 4) is 0 Å². The van der Waals surface area contributed by atoms with Crippen LogP contribution >= 0.6 is 22.6 Å². The molecule has 4 heteroatoms. The summed E-state index contributed by atoms with van der Waals surface area (Å²) in [5, 5.41) is 0. The molecule has 58 valence electrons. The van der Waals surface area contributed by atoms with Gasteiger partial charge in [0.05, 0.1) is 5.56 Å². The number of nitrogens with one attached hydrogen (secondary N) is 1. The average molecular weight is 262 g/mol. The molecule has 0 aliphatic carbocycles. The number of hydrogen-bond acceptors (Lipinski definition) is 2. The van der Waals surface area contributed by atoms with Crippen molar-refractivity contribution >= 4 is 28.5 Å². The molecule has 0 bridgehead atoms. The summed E-state index contributed by atoms with van der Waals surface area (Å²) in [5.74, 6) is 4.72. The van der Waals surface area contributed by atoms with E-state index in [9.17, 15) is 4.79 Å². The summed E-state index contributed by atoms with van der Waals surface area (Å²) in [6, 6.07) is 7.25. The number of hydrogen-bond donors (Lipinski definition) is 2. The standard InChI is InChI=1S/C7H7IN2O/c8-6-4-2-1-3-5(6)7(11)10-9/h1-4H,9H2,(H,10,11). The second kappa shape index (κ2) is 3.68. The second-order valence-corrected chi connectivity index (χ2v) is 3.12. The van der Waals surface area contributed by atoms with Crippen molar-refractivity contribution in [1.29, 1.82) is 0 Å². The van der Waals surface area contributed by atoms with Gasteiger partial charge in [-0.05, 0) is 34.7 Å². The third-order valence-corrected chi connectivity index (χ3v) is 2.19. The average Bonchev–Trinajstić information content (AvgIpc) is 2.04. The Labute approximate surface area is 78.1 Å². The minimum absolute atomic E-state index is 0.255. The quantitative estimate of drug-likeness (QED) is 0.342. The summed E-state index contributed by atoms with van der Waals surface area (Å²) in [5.41, 5.74) is 2.69. The molecule has 0 aromatic heterocycles. The van der Waals surface area contributed by atoms with E-state index in [0.717, 1.165) is 3.57 Å². The van der Waals surface area contributed by atoms with Gasteiger partial charge in [-0.3, -0.25) is 10.2 Å². The fraction of sp³-hybridized carbons (Fsp3) is 0. The fourth-order valence-electron chi connectivity index (χ4n) is 0.723. The Hall–Kier alpha value is -0.620. The summed E-state index contributed by atoms with van der Waals surface area (Å²) >= 11 is 2.08. The van der Waals surface area contributed by atoms with E-state index in [2.05, 4.69) is 28.0 Å². The zero-order valence-electron chi connectivity index (χ0n) is 5.67. The molecule has 0 heterocycles. The van der Waals surface area contributed by atoms with Crippen LogP contribution in [-0.4, -0.2) is 5.91 Å². The first-order valence-corrected chi connectivity index (χ1v) is 4.09. The van der Waals surface area contributed by atoms with E-state index in [1.807, 2.05) is 12.1 Å². The number of nitrogens with two attached hydrogens (primary N) is 1. The lowest BCUT2D eigenvalue weighted by Gasteiger charge is -2.00. The molecule has 1 aromatic rings. The Balaban J connectivity index is 3.03. The third-order valence-electron chi connectivity index (χ3n) is 1.25. The van der Waals surface area contributed by atoms with Gasteiger partial charge in [0.1, 0.15) is 0 Å². The largest absolute Gasteiger partial charge is 0.290 e. The van der Waals surface area contributed by atoms with Gasteiger partial charge in [-0.2, -0.15) is 0 Å². The van der Waals surface area contributed by atoms with Crippen LogP contribution in [-0.2, 0) is 0 Å². The SMILES string of the molecule is NNC(=O)c1ccccc1I. The molecule has 0 saturated heterocycles. The van der Waals surface area contributed by atoms with E-state index in [1.54, 1.807) is 12.1 Å². The molecule has 3 N–H and O–H groups in total. The third kappa shape index (κ3) is 1.90. The Bertz CT molecular complexity index is 275. The molecule has 0 saturated carbocycles. The number of hydrazine groups is 1. The van der Waals surface area contributed by atoms with Crippen molar-refractivity contribution in [2.45, 2.75) is 0 Å². The Kier molecular flexibility index (Phi) is 2.84. The van der Waals surface area contributed by atoms with Crippen LogP contribution in [0.1, 0.15) is 10.4 Å². The zero-order chi connectivity index (χ0) is 8.27. The molecule has 0 unspecified atom stereocenters. The van der Waals surface area contributed by atoms with Crippen LogP contribution in [0.25, 0.3) is 0 Å². The first kappa shape index (κ1) is 8.48. The summed E-state index contributed by atoms with van der Waals surface area (Å²) in [7, 11) is 0. The van der Waals surface area contributed by atoms with Crippen LogP contribution < -0.4 is 11.3 Å². The number of carbonyl (C=O) groups excluding carboxylic acids is 1. The number of halogens is 1. The molecule has 0 atom stereocenters. The number of carbonyl (C=O) groups is 1. The summed E-state index contributed by atoms with van der Waals surface area (Å²) in [6.45, 7) is 0. The topological polar surface area (TPSA) is 55.1 Å². The lowest BCUT2D eigenvalue weighted by atomic mass is 10.2. The Morgan fingerprint density at radius 3 is 2.64 bits per heavy atom. The smallest absolute Gasteiger partial charge is 0.266 e. The fourth-order valence-corrected chi connectivity index (χ4v) is 1.36. The molecule has 0 radical (unpaired) electrons. The maximum absolute atomic E-state index is 11.0. The van der Waals surface area contributed by atoms with Gasteiger partial charge < -0.3 is 0 Å². The van der Waals surface area contributed by atoms with Gasteiger partial charge in [0, 0.05) is 3.57 Å². The first-order valence-electron chi connectivity index (χ1n) is 3.01. The normalized spacial score (nSPS) is 9.27. The summed E-state index contributed by atoms with van der Waals surface area (Å²) in [6.07, 6.45) is 0. The van der Waals surface area contributed by atoms with Crippen LogP contribution in [0.4, 0.5) is 0 Å². The van der Waals surface area contributed by atoms with Crippen LogP contribution in [0.2, 0.25) is 0 Å². The van der Waals surface area contributed by atoms with E-state index < -0.39 is 0 Å². The lowest BCUT2D eigenvalue weighted by molar-refractivity contribution is 0.0953. The van der Waals surface area contributed by atoms with E-state index in [0.29, 0.717) is 5.56 Å². The Morgan fingerprint density at radius 2 is 2.09 bits per heavy atom. The molecular formula is C7H7IN2O. The van der Waals surface area contributed by atoms with Crippen LogP contribution in [0, 0.1) is 3.57 Å². The highest BCUT2D eigenvalue weighted by atomic mass is 127. The first-order chi connectivity index (χ1) is 5.25. The zero-order valence-corrected chi connectivity index (χ0v) is 7.83. The van der Waals surface area contributed by atoms with Crippen molar-refractivity contribution in [2.24, 2.45) is 5.84 Å². The van der Waals surface area contributed by atoms with Gasteiger partial charge in [-0.15, -0.1) is 0 Å². The van der Waals surface area contributed by atoms with Gasteiger partial charge in [-0.1, -0.05) is 12.1 Å². The lowest BCUT2D eigenvalue weighted by Crippen LogP contribution is -2.30. The highest BCUT2D eigenvalue weighted by molar-refractivity contribution is 14.1. The van der Waals surface area contributed by atoms with Crippen LogP contribution in [0.5, 0.6) is 0 Å². The summed E-state index contributed by atoms with van der Waals surface area (Å²) in [4.78, 5) is 11.0. The van der Waals surface area contributed by atoms with E-state index >= 15 is 0 Å². The molecule has 1 aromatic carbocycles. The van der Waals surface area contributed by atoms with Gasteiger partial charge in [-0.25, -0.2) is 5.84 Å². The van der Waals surface area contributed by atoms with Crippen molar-refractivity contribution < 1.29 is 4.79 Å². The monoisotopic (exact) mass is 262 g/mol. The summed E-state index contributed by atoms with van der Waals surface area (Å²) < 4.78 is 0.896. The molecule has 3 nitrogen and oxygen atoms in total. The Morgan fingerprint density at radius 1 is 1.45 bits per heavy atom. The molecule has 0 aliphatic rings.